The largest absolute Gasteiger partial charge is 0.492 e. The van der Waals surface area contributed by atoms with Crippen LogP contribution >= 0.6 is 23.2 Å². The summed E-state index contributed by atoms with van der Waals surface area (Å²) >= 11 is 11.7. The van der Waals surface area contributed by atoms with Crippen molar-refractivity contribution in [2.24, 2.45) is 5.14 Å². The van der Waals surface area contributed by atoms with E-state index in [1.165, 1.54) is 0 Å². The van der Waals surface area contributed by atoms with Crippen LogP contribution in [0.5, 0.6) is 5.75 Å². The average molecular weight is 312 g/mol. The van der Waals surface area contributed by atoms with Crippen LogP contribution in [0.4, 0.5) is 0 Å². The van der Waals surface area contributed by atoms with Gasteiger partial charge in [0, 0.05) is 5.02 Å². The maximum absolute atomic E-state index is 10.7. The third-order valence-corrected chi connectivity index (χ3v) is 3.61. The SMILES string of the molecule is NS(=O)(=O)CCCCCOc1ccc(Cl)cc1Cl. The Balaban J connectivity index is 2.22. The van der Waals surface area contributed by atoms with Gasteiger partial charge in [-0.05, 0) is 37.5 Å². The second-order valence-corrected chi connectivity index (χ2v) is 6.43. The number of hydrogen-bond donors (Lipinski definition) is 1. The Morgan fingerprint density at radius 2 is 1.89 bits per heavy atom. The van der Waals surface area contributed by atoms with Gasteiger partial charge in [0.05, 0.1) is 17.4 Å². The van der Waals surface area contributed by atoms with Gasteiger partial charge in [-0.1, -0.05) is 23.2 Å². The minimum Gasteiger partial charge on any atom is -0.492 e. The Morgan fingerprint density at radius 3 is 2.50 bits per heavy atom. The van der Waals surface area contributed by atoms with Crippen LogP contribution in [0.1, 0.15) is 19.3 Å². The fourth-order valence-electron chi connectivity index (χ4n) is 1.36. The molecule has 0 aliphatic heterocycles. The first-order chi connectivity index (χ1) is 8.38. The van der Waals surface area contributed by atoms with Crippen LogP contribution in [0, 0.1) is 0 Å². The summed E-state index contributed by atoms with van der Waals surface area (Å²) < 4.78 is 26.8. The molecule has 0 amide bonds. The highest BCUT2D eigenvalue weighted by molar-refractivity contribution is 7.89. The summed E-state index contributed by atoms with van der Waals surface area (Å²) in [6.45, 7) is 0.478. The number of primary sulfonamides is 1. The quantitative estimate of drug-likeness (QED) is 0.787. The highest BCUT2D eigenvalue weighted by Crippen LogP contribution is 2.27. The van der Waals surface area contributed by atoms with Crippen molar-refractivity contribution in [3.63, 3.8) is 0 Å². The fraction of sp³-hybridized carbons (Fsp3) is 0.455. The minimum atomic E-state index is -3.35. The zero-order valence-electron chi connectivity index (χ0n) is 9.73. The first kappa shape index (κ1) is 15.6. The van der Waals surface area contributed by atoms with Gasteiger partial charge in [0.1, 0.15) is 5.75 Å². The normalized spacial score (nSPS) is 11.5. The second-order valence-electron chi connectivity index (χ2n) is 3.85. The molecule has 4 nitrogen and oxygen atoms in total. The molecule has 2 N–H and O–H groups in total. The summed E-state index contributed by atoms with van der Waals surface area (Å²) in [5.74, 6) is 0.585. The van der Waals surface area contributed by atoms with Gasteiger partial charge in [0.2, 0.25) is 10.0 Å². The number of hydrogen-bond acceptors (Lipinski definition) is 3. The van der Waals surface area contributed by atoms with Crippen molar-refractivity contribution in [2.75, 3.05) is 12.4 Å². The molecule has 0 aliphatic rings. The number of ether oxygens (including phenoxy) is 1. The van der Waals surface area contributed by atoms with Crippen LogP contribution in [0.25, 0.3) is 0 Å². The summed E-state index contributed by atoms with van der Waals surface area (Å²) in [7, 11) is -3.35. The Kier molecular flexibility index (Phi) is 6.21. The van der Waals surface area contributed by atoms with Crippen molar-refractivity contribution < 1.29 is 13.2 Å². The molecule has 18 heavy (non-hydrogen) atoms. The van der Waals surface area contributed by atoms with E-state index in [9.17, 15) is 8.42 Å². The zero-order valence-corrected chi connectivity index (χ0v) is 12.1. The van der Waals surface area contributed by atoms with E-state index in [0.29, 0.717) is 28.8 Å². The Hall–Kier alpha value is -0.490. The van der Waals surface area contributed by atoms with Gasteiger partial charge in [-0.25, -0.2) is 13.6 Å². The third-order valence-electron chi connectivity index (χ3n) is 2.22. The van der Waals surface area contributed by atoms with Crippen molar-refractivity contribution >= 4 is 33.2 Å². The smallest absolute Gasteiger partial charge is 0.209 e. The molecule has 0 aromatic heterocycles. The molecule has 0 heterocycles. The molecule has 0 fully saturated rings. The average Bonchev–Trinajstić information content (AvgIpc) is 2.24. The predicted octanol–water partition coefficient (Wildman–Crippen LogP) is 2.83. The highest BCUT2D eigenvalue weighted by Gasteiger charge is 2.03. The van der Waals surface area contributed by atoms with Gasteiger partial charge in [-0.15, -0.1) is 0 Å². The van der Waals surface area contributed by atoms with E-state index < -0.39 is 10.0 Å². The van der Waals surface area contributed by atoms with Gasteiger partial charge in [0.15, 0.2) is 0 Å². The molecule has 102 valence electrons. The molecule has 0 atom stereocenters. The predicted molar refractivity (Wildman–Crippen MR) is 73.8 cm³/mol. The van der Waals surface area contributed by atoms with Crippen LogP contribution in [0.15, 0.2) is 18.2 Å². The van der Waals surface area contributed by atoms with Crippen molar-refractivity contribution in [3.8, 4) is 5.75 Å². The molecule has 0 unspecified atom stereocenters. The number of nitrogens with two attached hydrogens (primary N) is 1. The van der Waals surface area contributed by atoms with Gasteiger partial charge in [0.25, 0.3) is 0 Å². The molecule has 1 rings (SSSR count). The van der Waals surface area contributed by atoms with Gasteiger partial charge < -0.3 is 4.74 Å². The zero-order chi connectivity index (χ0) is 13.6. The Labute approximate surface area is 117 Å². The molecule has 0 spiro atoms. The number of halogens is 2. The monoisotopic (exact) mass is 311 g/mol. The summed E-state index contributed by atoms with van der Waals surface area (Å²) in [5.41, 5.74) is 0. The molecule has 1 aromatic carbocycles. The van der Waals surface area contributed by atoms with E-state index in [1.54, 1.807) is 18.2 Å². The lowest BCUT2D eigenvalue weighted by atomic mass is 10.2. The standard InChI is InChI=1S/C11H15Cl2NO3S/c12-9-4-5-11(10(13)8-9)17-6-2-1-3-7-18(14,15)16/h4-5,8H,1-3,6-7H2,(H2,14,15,16). The molecule has 0 bridgehead atoms. The topological polar surface area (TPSA) is 69.4 Å². The lowest BCUT2D eigenvalue weighted by Gasteiger charge is -2.07. The molecule has 0 saturated heterocycles. The summed E-state index contributed by atoms with van der Waals surface area (Å²) in [6, 6.07) is 5.01. The van der Waals surface area contributed by atoms with Crippen LogP contribution in [-0.4, -0.2) is 20.8 Å². The van der Waals surface area contributed by atoms with Crippen LogP contribution < -0.4 is 9.88 Å². The van der Waals surface area contributed by atoms with Gasteiger partial charge in [-0.2, -0.15) is 0 Å². The van der Waals surface area contributed by atoms with E-state index in [-0.39, 0.29) is 5.75 Å². The minimum absolute atomic E-state index is 0.00863. The Morgan fingerprint density at radius 1 is 1.17 bits per heavy atom. The van der Waals surface area contributed by atoms with E-state index in [0.717, 1.165) is 12.8 Å². The number of rotatable bonds is 7. The Bertz CT molecular complexity index is 491. The number of sulfonamides is 1. The van der Waals surface area contributed by atoms with Gasteiger partial charge >= 0.3 is 0 Å². The van der Waals surface area contributed by atoms with E-state index in [2.05, 4.69) is 0 Å². The summed E-state index contributed by atoms with van der Waals surface area (Å²) in [5, 5.41) is 5.91. The van der Waals surface area contributed by atoms with Crippen molar-refractivity contribution in [3.05, 3.63) is 28.2 Å². The van der Waals surface area contributed by atoms with Crippen molar-refractivity contribution in [1.29, 1.82) is 0 Å². The highest BCUT2D eigenvalue weighted by atomic mass is 35.5. The first-order valence-corrected chi connectivity index (χ1v) is 7.94. The molecular weight excluding hydrogens is 297 g/mol. The molecule has 0 saturated carbocycles. The molecule has 1 aromatic rings. The van der Waals surface area contributed by atoms with Crippen LogP contribution in [-0.2, 0) is 10.0 Å². The maximum Gasteiger partial charge on any atom is 0.209 e. The van der Waals surface area contributed by atoms with E-state index >= 15 is 0 Å². The first-order valence-electron chi connectivity index (χ1n) is 5.47. The van der Waals surface area contributed by atoms with Crippen molar-refractivity contribution in [2.45, 2.75) is 19.3 Å². The van der Waals surface area contributed by atoms with Gasteiger partial charge in [-0.3, -0.25) is 0 Å². The van der Waals surface area contributed by atoms with Crippen LogP contribution in [0.3, 0.4) is 0 Å². The molecule has 7 heteroatoms. The summed E-state index contributed by atoms with van der Waals surface area (Å²) in [6.07, 6.45) is 2.02. The maximum atomic E-state index is 10.7. The van der Waals surface area contributed by atoms with E-state index in [4.69, 9.17) is 33.1 Å². The number of unbranched alkanes of at least 4 members (excludes halogenated alkanes) is 2. The van der Waals surface area contributed by atoms with Crippen molar-refractivity contribution in [1.82, 2.24) is 0 Å². The number of benzene rings is 1. The summed E-state index contributed by atoms with van der Waals surface area (Å²) in [4.78, 5) is 0. The lowest BCUT2D eigenvalue weighted by Crippen LogP contribution is -2.16. The fourth-order valence-corrected chi connectivity index (χ4v) is 2.43. The second kappa shape index (κ2) is 7.19. The third kappa shape index (κ3) is 6.44. The molecular formula is C11H15Cl2NO3S. The molecule has 0 aliphatic carbocycles. The molecule has 0 radical (unpaired) electrons. The lowest BCUT2D eigenvalue weighted by molar-refractivity contribution is 0.306. The van der Waals surface area contributed by atoms with E-state index in [1.807, 2.05) is 0 Å². The van der Waals surface area contributed by atoms with Crippen LogP contribution in [0.2, 0.25) is 10.0 Å².